The normalized spacial score (nSPS) is 21.0. The van der Waals surface area contributed by atoms with Crippen molar-refractivity contribution in [3.05, 3.63) is 0 Å². The standard InChI is InChI=1S/2C5H10.C3H9N/c2*1-5-3-2-4-5;1-4(2)3/h2*5H,2-4H2,1H3;1-3H3. The Hall–Kier alpha value is -0.0400. The van der Waals surface area contributed by atoms with Crippen LogP contribution in [0.2, 0.25) is 0 Å². The van der Waals surface area contributed by atoms with Crippen molar-refractivity contribution < 1.29 is 0 Å². The molecule has 0 atom stereocenters. The molecule has 2 fully saturated rings. The second kappa shape index (κ2) is 8.28. The predicted octanol–water partition coefficient (Wildman–Crippen LogP) is 3.79. The lowest BCUT2D eigenvalue weighted by Gasteiger charge is -2.18. The van der Waals surface area contributed by atoms with Crippen LogP contribution in [0, 0.1) is 11.8 Å². The Kier molecular flexibility index (Phi) is 8.26. The molecule has 0 unspecified atom stereocenters. The Morgan fingerprint density at radius 1 is 0.714 bits per heavy atom. The minimum Gasteiger partial charge on any atom is -0.312 e. The molecule has 0 aromatic carbocycles. The lowest BCUT2D eigenvalue weighted by atomic mass is 9.88. The summed E-state index contributed by atoms with van der Waals surface area (Å²) < 4.78 is 0. The molecular formula is C13H29N. The van der Waals surface area contributed by atoms with E-state index in [1.165, 1.54) is 38.5 Å². The highest BCUT2D eigenvalue weighted by Gasteiger charge is 2.09. The van der Waals surface area contributed by atoms with Crippen LogP contribution in [0.1, 0.15) is 52.4 Å². The molecule has 0 aromatic rings. The summed E-state index contributed by atoms with van der Waals surface area (Å²) in [6.45, 7) is 4.62. The maximum Gasteiger partial charge on any atom is -0.0140 e. The van der Waals surface area contributed by atoms with Crippen LogP contribution in [0.25, 0.3) is 0 Å². The van der Waals surface area contributed by atoms with Crippen molar-refractivity contribution in [2.24, 2.45) is 11.8 Å². The van der Waals surface area contributed by atoms with Crippen molar-refractivity contribution in [2.75, 3.05) is 21.1 Å². The summed E-state index contributed by atoms with van der Waals surface area (Å²) in [4.78, 5) is 2.00. The molecule has 14 heavy (non-hydrogen) atoms. The largest absolute Gasteiger partial charge is 0.312 e. The Bertz CT molecular complexity index is 97.6. The fraction of sp³-hybridized carbons (Fsp3) is 1.00. The van der Waals surface area contributed by atoms with E-state index >= 15 is 0 Å². The molecule has 1 nitrogen and oxygen atoms in total. The van der Waals surface area contributed by atoms with Gasteiger partial charge in [-0.15, -0.1) is 0 Å². The quantitative estimate of drug-likeness (QED) is 0.574. The van der Waals surface area contributed by atoms with Gasteiger partial charge in [0.05, 0.1) is 0 Å². The molecule has 2 saturated carbocycles. The van der Waals surface area contributed by atoms with Crippen LogP contribution >= 0.6 is 0 Å². The number of rotatable bonds is 0. The molecule has 86 valence electrons. The van der Waals surface area contributed by atoms with E-state index in [2.05, 4.69) is 13.8 Å². The van der Waals surface area contributed by atoms with E-state index in [0.717, 1.165) is 11.8 Å². The molecule has 1 heteroatoms. The topological polar surface area (TPSA) is 3.24 Å². The number of hydrogen-bond acceptors (Lipinski definition) is 1. The van der Waals surface area contributed by atoms with E-state index in [1.807, 2.05) is 26.0 Å². The van der Waals surface area contributed by atoms with Gasteiger partial charge in [0.25, 0.3) is 0 Å². The van der Waals surface area contributed by atoms with Gasteiger partial charge >= 0.3 is 0 Å². The third-order valence-electron chi connectivity index (χ3n) is 2.79. The molecule has 0 radical (unpaired) electrons. The molecule has 0 aliphatic heterocycles. The van der Waals surface area contributed by atoms with Crippen LogP contribution in [-0.4, -0.2) is 26.0 Å². The van der Waals surface area contributed by atoms with Crippen LogP contribution in [-0.2, 0) is 0 Å². The molecule has 0 spiro atoms. The predicted molar refractivity (Wildman–Crippen MR) is 65.6 cm³/mol. The van der Waals surface area contributed by atoms with Gasteiger partial charge in [-0.05, 0) is 33.0 Å². The fourth-order valence-electron chi connectivity index (χ4n) is 1.22. The van der Waals surface area contributed by atoms with Crippen molar-refractivity contribution >= 4 is 0 Å². The summed E-state index contributed by atoms with van der Waals surface area (Å²) in [5.74, 6) is 2.13. The average Bonchev–Trinajstić information content (AvgIpc) is 1.97. The van der Waals surface area contributed by atoms with E-state index in [4.69, 9.17) is 0 Å². The van der Waals surface area contributed by atoms with Gasteiger partial charge in [-0.1, -0.05) is 52.4 Å². The SMILES string of the molecule is CC1CCC1.CC1CCC1.CN(C)C. The molecule has 0 heterocycles. The maximum atomic E-state index is 2.31. The first kappa shape index (κ1) is 14.0. The maximum absolute atomic E-state index is 2.31. The Morgan fingerprint density at radius 2 is 0.857 bits per heavy atom. The third kappa shape index (κ3) is 10.0. The van der Waals surface area contributed by atoms with Crippen molar-refractivity contribution in [1.82, 2.24) is 4.90 Å². The van der Waals surface area contributed by atoms with E-state index in [1.54, 1.807) is 0 Å². The van der Waals surface area contributed by atoms with Gasteiger partial charge in [-0.3, -0.25) is 0 Å². The van der Waals surface area contributed by atoms with E-state index < -0.39 is 0 Å². The summed E-state index contributed by atoms with van der Waals surface area (Å²) in [5, 5.41) is 0. The summed E-state index contributed by atoms with van der Waals surface area (Å²) >= 11 is 0. The number of hydrogen-bond donors (Lipinski definition) is 0. The van der Waals surface area contributed by atoms with Crippen LogP contribution < -0.4 is 0 Å². The van der Waals surface area contributed by atoms with Crippen molar-refractivity contribution in [2.45, 2.75) is 52.4 Å². The van der Waals surface area contributed by atoms with Crippen LogP contribution in [0.15, 0.2) is 0 Å². The molecule has 0 bridgehead atoms. The van der Waals surface area contributed by atoms with Gasteiger partial charge in [0.1, 0.15) is 0 Å². The van der Waals surface area contributed by atoms with Gasteiger partial charge in [0.15, 0.2) is 0 Å². The van der Waals surface area contributed by atoms with Gasteiger partial charge in [-0.25, -0.2) is 0 Å². The van der Waals surface area contributed by atoms with Crippen LogP contribution in [0.3, 0.4) is 0 Å². The van der Waals surface area contributed by atoms with Gasteiger partial charge in [0.2, 0.25) is 0 Å². The second-order valence-corrected chi connectivity index (χ2v) is 5.41. The molecule has 0 N–H and O–H groups in total. The smallest absolute Gasteiger partial charge is 0.0140 e. The lowest BCUT2D eigenvalue weighted by molar-refractivity contribution is 0.346. The van der Waals surface area contributed by atoms with Crippen LogP contribution in [0.5, 0.6) is 0 Å². The third-order valence-corrected chi connectivity index (χ3v) is 2.79. The highest BCUT2D eigenvalue weighted by atomic mass is 15.0. The molecule has 2 aliphatic carbocycles. The zero-order valence-corrected chi connectivity index (χ0v) is 10.8. The Labute approximate surface area is 90.9 Å². The van der Waals surface area contributed by atoms with E-state index in [9.17, 15) is 0 Å². The van der Waals surface area contributed by atoms with Gasteiger partial charge < -0.3 is 4.90 Å². The van der Waals surface area contributed by atoms with Gasteiger partial charge in [0, 0.05) is 0 Å². The molecule has 0 amide bonds. The summed E-state index contributed by atoms with van der Waals surface area (Å²) in [7, 11) is 6.00. The minimum absolute atomic E-state index is 1.06. The molecule has 2 rings (SSSR count). The van der Waals surface area contributed by atoms with Crippen molar-refractivity contribution in [1.29, 1.82) is 0 Å². The molecule has 0 saturated heterocycles. The molecular weight excluding hydrogens is 170 g/mol. The Balaban J connectivity index is 0.000000183. The van der Waals surface area contributed by atoms with Crippen LogP contribution in [0.4, 0.5) is 0 Å². The van der Waals surface area contributed by atoms with Gasteiger partial charge in [-0.2, -0.15) is 0 Å². The molecule has 0 aromatic heterocycles. The Morgan fingerprint density at radius 3 is 0.857 bits per heavy atom. The highest BCUT2D eigenvalue weighted by Crippen LogP contribution is 2.24. The summed E-state index contributed by atoms with van der Waals surface area (Å²) in [6.07, 6.45) is 8.92. The van der Waals surface area contributed by atoms with Crippen molar-refractivity contribution in [3.8, 4) is 0 Å². The second-order valence-electron chi connectivity index (χ2n) is 5.41. The van der Waals surface area contributed by atoms with E-state index in [-0.39, 0.29) is 0 Å². The monoisotopic (exact) mass is 199 g/mol. The number of nitrogens with zero attached hydrogens (tertiary/aromatic N) is 1. The zero-order valence-electron chi connectivity index (χ0n) is 10.8. The van der Waals surface area contributed by atoms with Crippen molar-refractivity contribution in [3.63, 3.8) is 0 Å². The first-order valence-electron chi connectivity index (χ1n) is 6.13. The highest BCUT2D eigenvalue weighted by molar-refractivity contribution is 4.62. The average molecular weight is 199 g/mol. The molecule has 2 aliphatic rings. The zero-order chi connectivity index (χ0) is 11.0. The first-order valence-corrected chi connectivity index (χ1v) is 6.13. The fourth-order valence-corrected chi connectivity index (χ4v) is 1.22. The van der Waals surface area contributed by atoms with E-state index in [0.29, 0.717) is 0 Å². The minimum atomic E-state index is 1.06. The summed E-state index contributed by atoms with van der Waals surface area (Å²) in [6, 6.07) is 0. The first-order chi connectivity index (χ1) is 6.52. The lowest BCUT2D eigenvalue weighted by Crippen LogP contribution is -2.04. The summed E-state index contributed by atoms with van der Waals surface area (Å²) in [5.41, 5.74) is 0.